The number of fused-ring (bicyclic) bond motifs is 1. The lowest BCUT2D eigenvalue weighted by molar-refractivity contribution is -0.137. The molecule has 210 valence electrons. The molecule has 0 radical (unpaired) electrons. The van der Waals surface area contributed by atoms with Crippen LogP contribution < -0.4 is 9.47 Å². The fourth-order valence-corrected chi connectivity index (χ4v) is 6.03. The van der Waals surface area contributed by atoms with Crippen LogP contribution in [-0.4, -0.2) is 59.9 Å². The third-order valence-electron chi connectivity index (χ3n) is 8.22. The average molecular weight is 535 g/mol. The second kappa shape index (κ2) is 14.3. The van der Waals surface area contributed by atoms with Gasteiger partial charge in [0.1, 0.15) is 11.5 Å². The Bertz CT molecular complexity index is 1220. The molecule has 4 rings (SSSR count). The first kappa shape index (κ1) is 28.8. The summed E-state index contributed by atoms with van der Waals surface area (Å²) in [6.45, 7) is 2.98. The van der Waals surface area contributed by atoms with Gasteiger partial charge >= 0.3 is 5.97 Å². The number of hydrogen-bond donors (Lipinski definition) is 2. The molecule has 7 nitrogen and oxygen atoms in total. The number of aliphatic carboxylic acids is 1. The zero-order valence-corrected chi connectivity index (χ0v) is 23.2. The van der Waals surface area contributed by atoms with Gasteiger partial charge in [0.25, 0.3) is 0 Å². The number of benzene rings is 2. The van der Waals surface area contributed by atoms with Gasteiger partial charge in [0.15, 0.2) is 0 Å². The molecule has 0 spiro atoms. The second-order valence-corrected chi connectivity index (χ2v) is 10.7. The third kappa shape index (κ3) is 7.93. The van der Waals surface area contributed by atoms with Crippen LogP contribution in [0.15, 0.2) is 54.7 Å². The van der Waals surface area contributed by atoms with Crippen LogP contribution in [0, 0.1) is 11.8 Å². The second-order valence-electron chi connectivity index (χ2n) is 10.7. The number of likely N-dealkylation sites (tertiary alicyclic amines) is 1. The highest BCUT2D eigenvalue weighted by molar-refractivity contribution is 5.83. The number of unbranched alkanes of at least 4 members (excludes halogenated alkanes) is 1. The number of nitrogens with zero attached hydrogens (tertiary/aromatic N) is 2. The number of aromatic nitrogens is 1. The third-order valence-corrected chi connectivity index (χ3v) is 8.22. The fourth-order valence-electron chi connectivity index (χ4n) is 6.03. The number of rotatable bonds is 14. The first-order chi connectivity index (χ1) is 19.0. The maximum Gasteiger partial charge on any atom is 0.303 e. The number of pyridine rings is 1. The molecule has 0 amide bonds. The number of piperidine rings is 1. The minimum absolute atomic E-state index is 0.195. The van der Waals surface area contributed by atoms with Crippen molar-refractivity contribution >= 4 is 16.9 Å². The van der Waals surface area contributed by atoms with Crippen LogP contribution in [-0.2, 0) is 11.2 Å². The first-order valence-electron chi connectivity index (χ1n) is 14.1. The monoisotopic (exact) mass is 534 g/mol. The van der Waals surface area contributed by atoms with E-state index >= 15 is 0 Å². The summed E-state index contributed by atoms with van der Waals surface area (Å²) in [6, 6.07) is 15.8. The van der Waals surface area contributed by atoms with Crippen LogP contribution in [0.4, 0.5) is 0 Å². The molecule has 1 fully saturated rings. The van der Waals surface area contributed by atoms with E-state index in [0.29, 0.717) is 24.7 Å². The summed E-state index contributed by atoms with van der Waals surface area (Å²) in [4.78, 5) is 18.3. The van der Waals surface area contributed by atoms with Crippen LogP contribution in [0.1, 0.15) is 62.2 Å². The van der Waals surface area contributed by atoms with Crippen LogP contribution >= 0.6 is 0 Å². The highest BCUT2D eigenvalue weighted by atomic mass is 16.5. The van der Waals surface area contributed by atoms with Crippen molar-refractivity contribution < 1.29 is 24.5 Å². The van der Waals surface area contributed by atoms with Crippen LogP contribution in [0.2, 0.25) is 0 Å². The Kier molecular flexibility index (Phi) is 10.6. The van der Waals surface area contributed by atoms with Gasteiger partial charge in [0.05, 0.1) is 25.8 Å². The molecular weight excluding hydrogens is 492 g/mol. The summed E-state index contributed by atoms with van der Waals surface area (Å²) in [5.74, 6) is 1.69. The zero-order chi connectivity index (χ0) is 27.6. The van der Waals surface area contributed by atoms with Crippen molar-refractivity contribution in [3.8, 4) is 11.5 Å². The zero-order valence-electron chi connectivity index (χ0n) is 23.2. The Morgan fingerprint density at radius 3 is 2.72 bits per heavy atom. The maximum atomic E-state index is 11.4. The first-order valence-corrected chi connectivity index (χ1v) is 14.1. The minimum atomic E-state index is -0.736. The van der Waals surface area contributed by atoms with Crippen molar-refractivity contribution in [2.24, 2.45) is 11.8 Å². The Morgan fingerprint density at radius 2 is 1.92 bits per heavy atom. The van der Waals surface area contributed by atoms with Crippen LogP contribution in [0.3, 0.4) is 0 Å². The van der Waals surface area contributed by atoms with E-state index in [2.05, 4.69) is 22.0 Å². The van der Waals surface area contributed by atoms with E-state index in [9.17, 15) is 15.0 Å². The van der Waals surface area contributed by atoms with Crippen LogP contribution in [0.5, 0.6) is 11.5 Å². The summed E-state index contributed by atoms with van der Waals surface area (Å²) < 4.78 is 10.9. The Labute approximate surface area is 231 Å². The maximum absolute atomic E-state index is 11.4. The largest absolute Gasteiger partial charge is 0.497 e. The molecule has 1 aliphatic heterocycles. The molecule has 2 heterocycles. The quantitative estimate of drug-likeness (QED) is 0.249. The highest BCUT2D eigenvalue weighted by Crippen LogP contribution is 2.35. The molecule has 3 aromatic rings. The molecule has 0 bridgehead atoms. The number of aliphatic hydroxyl groups is 1. The number of carboxylic acid groups (broad SMARTS) is 1. The van der Waals surface area contributed by atoms with Gasteiger partial charge in [-0.15, -0.1) is 0 Å². The molecule has 39 heavy (non-hydrogen) atoms. The summed E-state index contributed by atoms with van der Waals surface area (Å²) in [6.07, 6.45) is 7.77. The van der Waals surface area contributed by atoms with E-state index in [-0.39, 0.29) is 6.42 Å². The number of carbonyl (C=O) groups is 1. The van der Waals surface area contributed by atoms with E-state index in [1.807, 2.05) is 36.4 Å². The number of hydrogen-bond acceptors (Lipinski definition) is 6. The van der Waals surface area contributed by atoms with E-state index in [1.54, 1.807) is 20.4 Å². The van der Waals surface area contributed by atoms with Gasteiger partial charge in [-0.05, 0) is 111 Å². The summed E-state index contributed by atoms with van der Waals surface area (Å²) >= 11 is 0. The fraction of sp³-hybridized carbons (Fsp3) is 0.500. The Morgan fingerprint density at radius 1 is 1.08 bits per heavy atom. The molecule has 1 saturated heterocycles. The van der Waals surface area contributed by atoms with Gasteiger partial charge in [-0.3, -0.25) is 9.78 Å². The smallest absolute Gasteiger partial charge is 0.303 e. The predicted octanol–water partition coefficient (Wildman–Crippen LogP) is 5.89. The summed E-state index contributed by atoms with van der Waals surface area (Å²) in [5.41, 5.74) is 2.95. The van der Waals surface area contributed by atoms with Crippen molar-refractivity contribution in [2.45, 2.75) is 57.5 Å². The van der Waals surface area contributed by atoms with Gasteiger partial charge in [-0.25, -0.2) is 0 Å². The standard InChI is InChI=1S/C32H42N2O5/c1-38-26-12-13-29-28(21-26)27(16-18-33-29)30(35)14-10-23-17-20-34(22-25(23)11-15-32(36)37)19-6-5-8-24-7-3-4-9-31(24)39-2/h3-4,7,9,12-13,16,18,21,23,25,30,35H,5-6,8,10-11,14-15,17,19-20,22H2,1-2H3,(H,36,37)/t23?,25?,30-/m0/s1. The number of ether oxygens (including phenoxy) is 2. The average Bonchev–Trinajstić information content (AvgIpc) is 2.97. The molecule has 1 aromatic heterocycles. The number of aryl methyl sites for hydroxylation is 1. The normalized spacial score (nSPS) is 18.6. The lowest BCUT2D eigenvalue weighted by atomic mass is 9.79. The topological polar surface area (TPSA) is 92.1 Å². The lowest BCUT2D eigenvalue weighted by Gasteiger charge is -2.39. The van der Waals surface area contributed by atoms with E-state index < -0.39 is 12.1 Å². The van der Waals surface area contributed by atoms with Crippen molar-refractivity contribution in [1.29, 1.82) is 0 Å². The highest BCUT2D eigenvalue weighted by Gasteiger charge is 2.30. The molecule has 0 aliphatic carbocycles. The van der Waals surface area contributed by atoms with Crippen molar-refractivity contribution in [2.75, 3.05) is 33.9 Å². The van der Waals surface area contributed by atoms with Gasteiger partial charge in [-0.2, -0.15) is 0 Å². The number of methoxy groups -OCH3 is 2. The predicted molar refractivity (Wildman–Crippen MR) is 153 cm³/mol. The minimum Gasteiger partial charge on any atom is -0.497 e. The van der Waals surface area contributed by atoms with E-state index in [1.165, 1.54) is 5.56 Å². The molecular formula is C32H42N2O5. The molecule has 3 atom stereocenters. The number of aliphatic hydroxyl groups excluding tert-OH is 1. The Hall–Kier alpha value is -3.16. The van der Waals surface area contributed by atoms with Crippen molar-refractivity contribution in [1.82, 2.24) is 9.88 Å². The molecule has 7 heteroatoms. The van der Waals surface area contributed by atoms with Crippen molar-refractivity contribution in [3.05, 3.63) is 65.9 Å². The SMILES string of the molecule is COc1ccc2nccc([C@@H](O)CCC3CCN(CCCCc4ccccc4OC)CC3CCC(=O)O)c2c1. The molecule has 2 N–H and O–H groups in total. The summed E-state index contributed by atoms with van der Waals surface area (Å²) in [5, 5.41) is 21.4. The Balaban J connectivity index is 1.32. The van der Waals surface area contributed by atoms with Gasteiger partial charge in [0, 0.05) is 24.5 Å². The molecule has 2 unspecified atom stereocenters. The number of para-hydroxylation sites is 1. The molecule has 2 aromatic carbocycles. The van der Waals surface area contributed by atoms with Gasteiger partial charge in [-0.1, -0.05) is 18.2 Å². The van der Waals surface area contributed by atoms with E-state index in [4.69, 9.17) is 9.47 Å². The molecule has 0 saturated carbocycles. The van der Waals surface area contributed by atoms with Crippen LogP contribution in [0.25, 0.3) is 10.9 Å². The summed E-state index contributed by atoms with van der Waals surface area (Å²) in [7, 11) is 3.35. The molecule has 1 aliphatic rings. The number of carboxylic acids is 1. The van der Waals surface area contributed by atoms with Crippen molar-refractivity contribution in [3.63, 3.8) is 0 Å². The lowest BCUT2D eigenvalue weighted by Crippen LogP contribution is -2.41. The van der Waals surface area contributed by atoms with E-state index in [0.717, 1.165) is 79.7 Å². The van der Waals surface area contributed by atoms with Gasteiger partial charge < -0.3 is 24.6 Å². The van der Waals surface area contributed by atoms with Gasteiger partial charge in [0.2, 0.25) is 0 Å².